The molecule has 0 spiro atoms. The van der Waals surface area contributed by atoms with Gasteiger partial charge in [0.05, 0.1) is 23.7 Å². The van der Waals surface area contributed by atoms with Crippen molar-refractivity contribution < 1.29 is 14.3 Å². The minimum absolute atomic E-state index is 0.200. The molecular weight excluding hydrogens is 506 g/mol. The van der Waals surface area contributed by atoms with E-state index in [9.17, 15) is 10.1 Å². The quantitative estimate of drug-likeness (QED) is 0.282. The summed E-state index contributed by atoms with van der Waals surface area (Å²) < 4.78 is 12.0. The van der Waals surface area contributed by atoms with Gasteiger partial charge in [0.2, 0.25) is 0 Å². The van der Waals surface area contributed by atoms with Crippen molar-refractivity contribution in [3.63, 3.8) is 0 Å². The number of methoxy groups -OCH3 is 1. The second kappa shape index (κ2) is 11.7. The minimum Gasteiger partial charge on any atom is -0.453 e. The summed E-state index contributed by atoms with van der Waals surface area (Å²) in [7, 11) is 1.74. The summed E-state index contributed by atoms with van der Waals surface area (Å²) in [5, 5.41) is 9.44. The molecule has 4 saturated carbocycles. The van der Waals surface area contributed by atoms with E-state index in [0.29, 0.717) is 28.9 Å². The third-order valence-electron chi connectivity index (χ3n) is 13.1. The van der Waals surface area contributed by atoms with Gasteiger partial charge in [0.1, 0.15) is 5.60 Å². The molecule has 0 saturated heterocycles. The van der Waals surface area contributed by atoms with Crippen LogP contribution in [0.15, 0.2) is 30.3 Å². The average molecular weight is 562 g/mol. The van der Waals surface area contributed by atoms with E-state index in [-0.39, 0.29) is 11.4 Å². The Balaban J connectivity index is 1.26. The largest absolute Gasteiger partial charge is 0.453 e. The van der Waals surface area contributed by atoms with Crippen LogP contribution in [-0.4, -0.2) is 25.3 Å². The second-order valence-corrected chi connectivity index (χ2v) is 15.8. The van der Waals surface area contributed by atoms with Gasteiger partial charge in [-0.2, -0.15) is 5.26 Å². The second-order valence-electron chi connectivity index (χ2n) is 15.8. The van der Waals surface area contributed by atoms with Crippen LogP contribution in [0, 0.1) is 63.1 Å². The Morgan fingerprint density at radius 3 is 2.46 bits per heavy atom. The summed E-state index contributed by atoms with van der Waals surface area (Å²) in [4.78, 5) is 13.1. The lowest BCUT2D eigenvalue weighted by Crippen LogP contribution is -2.57. The number of carbonyl (C=O) groups is 1. The highest BCUT2D eigenvalue weighted by Gasteiger charge is 2.62. The Morgan fingerprint density at radius 1 is 1.02 bits per heavy atom. The van der Waals surface area contributed by atoms with Crippen molar-refractivity contribution in [3.8, 4) is 6.07 Å². The van der Waals surface area contributed by atoms with Gasteiger partial charge in [-0.3, -0.25) is 0 Å². The molecule has 4 aliphatic carbocycles. The first-order valence-corrected chi connectivity index (χ1v) is 16.7. The van der Waals surface area contributed by atoms with Crippen molar-refractivity contribution in [2.75, 3.05) is 13.7 Å². The molecule has 0 unspecified atom stereocenters. The highest BCUT2D eigenvalue weighted by molar-refractivity contribution is 5.89. The van der Waals surface area contributed by atoms with E-state index in [4.69, 9.17) is 9.47 Å². The number of benzene rings is 1. The fourth-order valence-corrected chi connectivity index (χ4v) is 10.8. The molecule has 9 atom stereocenters. The predicted octanol–water partition coefficient (Wildman–Crippen LogP) is 9.24. The Bertz CT molecular complexity index is 1110. The van der Waals surface area contributed by atoms with Crippen LogP contribution in [0.2, 0.25) is 0 Å². The SMILES string of the molecule is COC[C@]1(OC(=O)c2ccccc2)CC[C@@]2(C)[C@@H](CC[C@@H]3[C@@H]2CC[C@]2(C)[C@@H]([C@H](C)CCCC(C)(C)C#N)CC[C@@H]32)C1. The monoisotopic (exact) mass is 561 g/mol. The predicted molar refractivity (Wildman–Crippen MR) is 164 cm³/mol. The molecule has 0 aromatic heterocycles. The lowest BCUT2D eigenvalue weighted by molar-refractivity contribution is -0.165. The van der Waals surface area contributed by atoms with E-state index in [1.165, 1.54) is 51.4 Å². The lowest BCUT2D eigenvalue weighted by atomic mass is 9.43. The first-order chi connectivity index (χ1) is 19.5. The Labute approximate surface area is 250 Å². The fraction of sp³-hybridized carbons (Fsp3) is 0.784. The zero-order chi connectivity index (χ0) is 29.5. The van der Waals surface area contributed by atoms with Gasteiger partial charge in [-0.25, -0.2) is 4.79 Å². The van der Waals surface area contributed by atoms with E-state index < -0.39 is 5.60 Å². The highest BCUT2D eigenvalue weighted by Crippen LogP contribution is 2.69. The van der Waals surface area contributed by atoms with Crippen LogP contribution >= 0.6 is 0 Å². The maximum atomic E-state index is 13.1. The molecule has 0 N–H and O–H groups in total. The molecule has 0 heterocycles. The summed E-state index contributed by atoms with van der Waals surface area (Å²) in [6.45, 7) is 12.4. The lowest BCUT2D eigenvalue weighted by Gasteiger charge is -2.62. The molecule has 0 amide bonds. The Morgan fingerprint density at radius 2 is 1.76 bits per heavy atom. The van der Waals surface area contributed by atoms with Crippen LogP contribution in [0.1, 0.15) is 122 Å². The van der Waals surface area contributed by atoms with Crippen molar-refractivity contribution in [1.29, 1.82) is 5.26 Å². The zero-order valence-corrected chi connectivity index (χ0v) is 26.7. The van der Waals surface area contributed by atoms with E-state index in [1.807, 2.05) is 30.3 Å². The Kier molecular flexibility index (Phi) is 8.71. The standard InChI is InChI=1S/C37H55NO3/c1-26(11-10-19-34(2,3)24-38)30-16-17-31-29-15-14-28-23-37(25-40-6,41-33(39)27-12-8-7-9-13-27)22-21-35(28,4)32(29)18-20-36(30,31)5/h7-9,12-13,26,28-32H,10-11,14-23,25H2,1-6H3/t26-,28+,29+,30-,31+,32+,35+,36-,37+/m1/s1. The number of carbonyl (C=O) groups excluding carboxylic acids is 1. The number of esters is 1. The molecule has 4 fully saturated rings. The number of hydrogen-bond donors (Lipinski definition) is 0. The number of nitriles is 1. The molecule has 226 valence electrons. The molecule has 0 radical (unpaired) electrons. The van der Waals surface area contributed by atoms with Gasteiger partial charge >= 0.3 is 5.97 Å². The topological polar surface area (TPSA) is 59.3 Å². The van der Waals surface area contributed by atoms with Crippen molar-refractivity contribution in [2.24, 2.45) is 51.8 Å². The summed E-state index contributed by atoms with van der Waals surface area (Å²) in [6, 6.07) is 11.9. The van der Waals surface area contributed by atoms with Gasteiger partial charge in [-0.1, -0.05) is 51.8 Å². The van der Waals surface area contributed by atoms with Crippen LogP contribution in [-0.2, 0) is 9.47 Å². The van der Waals surface area contributed by atoms with Crippen molar-refractivity contribution in [2.45, 2.75) is 117 Å². The van der Waals surface area contributed by atoms with Crippen LogP contribution in [0.3, 0.4) is 0 Å². The summed E-state index contributed by atoms with van der Waals surface area (Å²) in [5.74, 6) is 4.41. The number of rotatable bonds is 9. The maximum Gasteiger partial charge on any atom is 0.338 e. The first-order valence-electron chi connectivity index (χ1n) is 16.7. The van der Waals surface area contributed by atoms with Crippen molar-refractivity contribution >= 4 is 5.97 Å². The smallest absolute Gasteiger partial charge is 0.338 e. The van der Waals surface area contributed by atoms with E-state index in [1.54, 1.807) is 7.11 Å². The van der Waals surface area contributed by atoms with Gasteiger partial charge in [-0.15, -0.1) is 0 Å². The first kappa shape index (κ1) is 30.6. The van der Waals surface area contributed by atoms with Crippen LogP contribution in [0.25, 0.3) is 0 Å². The van der Waals surface area contributed by atoms with Gasteiger partial charge in [0.15, 0.2) is 0 Å². The molecule has 0 bridgehead atoms. The normalized spacial score (nSPS) is 39.1. The zero-order valence-electron chi connectivity index (χ0n) is 26.7. The average Bonchev–Trinajstić information content (AvgIpc) is 3.31. The van der Waals surface area contributed by atoms with Crippen LogP contribution in [0.4, 0.5) is 0 Å². The van der Waals surface area contributed by atoms with Crippen LogP contribution < -0.4 is 0 Å². The third kappa shape index (κ3) is 5.74. The minimum atomic E-state index is -0.518. The summed E-state index contributed by atoms with van der Waals surface area (Å²) in [5.41, 5.74) is 0.705. The molecule has 41 heavy (non-hydrogen) atoms. The van der Waals surface area contributed by atoms with E-state index >= 15 is 0 Å². The van der Waals surface area contributed by atoms with Gasteiger partial charge in [-0.05, 0) is 137 Å². The molecule has 4 heteroatoms. The summed E-state index contributed by atoms with van der Waals surface area (Å²) in [6.07, 6.45) is 14.5. The Hall–Kier alpha value is -1.86. The number of hydrogen-bond acceptors (Lipinski definition) is 4. The molecule has 1 aromatic rings. The molecule has 5 rings (SSSR count). The highest BCUT2D eigenvalue weighted by atomic mass is 16.6. The fourth-order valence-electron chi connectivity index (χ4n) is 10.8. The van der Waals surface area contributed by atoms with E-state index in [2.05, 4.69) is 40.7 Å². The van der Waals surface area contributed by atoms with Gasteiger partial charge in [0, 0.05) is 7.11 Å². The van der Waals surface area contributed by atoms with Crippen molar-refractivity contribution in [3.05, 3.63) is 35.9 Å². The van der Waals surface area contributed by atoms with Crippen molar-refractivity contribution in [1.82, 2.24) is 0 Å². The molecule has 0 aliphatic heterocycles. The van der Waals surface area contributed by atoms with E-state index in [0.717, 1.165) is 55.3 Å². The molecule has 1 aromatic carbocycles. The number of ether oxygens (including phenoxy) is 2. The number of nitrogens with zero attached hydrogens (tertiary/aromatic N) is 1. The summed E-state index contributed by atoms with van der Waals surface area (Å²) >= 11 is 0. The van der Waals surface area contributed by atoms with Crippen LogP contribution in [0.5, 0.6) is 0 Å². The molecule has 4 nitrogen and oxygen atoms in total. The number of fused-ring (bicyclic) bond motifs is 5. The van der Waals surface area contributed by atoms with Gasteiger partial charge < -0.3 is 9.47 Å². The maximum absolute atomic E-state index is 13.1. The van der Waals surface area contributed by atoms with Gasteiger partial charge in [0.25, 0.3) is 0 Å². The molecular formula is C37H55NO3. The third-order valence-corrected chi connectivity index (χ3v) is 13.1. The molecule has 4 aliphatic rings.